The molecule has 0 saturated heterocycles. The Kier molecular flexibility index (Phi) is 6.46. The van der Waals surface area contributed by atoms with Crippen LogP contribution in [0.15, 0.2) is 48.5 Å². The van der Waals surface area contributed by atoms with Crippen molar-refractivity contribution in [3.63, 3.8) is 0 Å². The first-order valence-corrected chi connectivity index (χ1v) is 8.07. The quantitative estimate of drug-likeness (QED) is 0.593. The number of hydrogen-bond acceptors (Lipinski definition) is 4. The van der Waals surface area contributed by atoms with Crippen LogP contribution in [-0.4, -0.2) is 31.1 Å². The lowest BCUT2D eigenvalue weighted by atomic mass is 10.0. The van der Waals surface area contributed by atoms with Crippen molar-refractivity contribution in [3.8, 4) is 5.75 Å². The third-order valence-electron chi connectivity index (χ3n) is 3.74. The zero-order valence-corrected chi connectivity index (χ0v) is 14.3. The van der Waals surface area contributed by atoms with Gasteiger partial charge in [-0.05, 0) is 31.2 Å². The molecule has 5 nitrogen and oxygen atoms in total. The first-order valence-electron chi connectivity index (χ1n) is 8.07. The third-order valence-corrected chi connectivity index (χ3v) is 3.74. The topological polar surface area (TPSA) is 72.5 Å². The minimum atomic E-state index is -0.381. The molecule has 0 aliphatic carbocycles. The van der Waals surface area contributed by atoms with Crippen LogP contribution in [0.3, 0.4) is 0 Å². The second-order valence-corrected chi connectivity index (χ2v) is 5.84. The largest absolute Gasteiger partial charge is 0.493 e. The molecule has 0 aliphatic heterocycles. The summed E-state index contributed by atoms with van der Waals surface area (Å²) in [6, 6.07) is 14.2. The minimum absolute atomic E-state index is 0.001000. The molecule has 0 aliphatic rings. The summed E-state index contributed by atoms with van der Waals surface area (Å²) in [5.41, 5.74) is 2.32. The lowest BCUT2D eigenvalue weighted by molar-refractivity contribution is -0.126. The Morgan fingerprint density at radius 2 is 1.60 bits per heavy atom. The van der Waals surface area contributed by atoms with Crippen LogP contribution in [0.25, 0.3) is 0 Å². The molecular weight excluding hydrogens is 318 g/mol. The second-order valence-electron chi connectivity index (χ2n) is 5.84. The SMILES string of the molecule is Cc1ccc(C(=O)c2ccc(OCC(C)C(=O)NCC=O)cc2)cc1. The van der Waals surface area contributed by atoms with E-state index in [1.54, 1.807) is 31.2 Å². The summed E-state index contributed by atoms with van der Waals surface area (Å²) in [5, 5.41) is 2.48. The number of rotatable bonds is 8. The molecule has 0 saturated carbocycles. The molecule has 0 heterocycles. The van der Waals surface area contributed by atoms with Crippen molar-refractivity contribution in [1.82, 2.24) is 5.32 Å². The summed E-state index contributed by atoms with van der Waals surface area (Å²) in [6.07, 6.45) is 0.634. The van der Waals surface area contributed by atoms with Gasteiger partial charge in [0.25, 0.3) is 0 Å². The van der Waals surface area contributed by atoms with Gasteiger partial charge in [0, 0.05) is 11.1 Å². The number of ether oxygens (including phenoxy) is 1. The fraction of sp³-hybridized carbons (Fsp3) is 0.250. The molecule has 0 radical (unpaired) electrons. The smallest absolute Gasteiger partial charge is 0.226 e. The molecule has 0 spiro atoms. The average molecular weight is 339 g/mol. The number of hydrogen-bond donors (Lipinski definition) is 1. The highest BCUT2D eigenvalue weighted by Gasteiger charge is 2.13. The molecule has 0 aromatic heterocycles. The van der Waals surface area contributed by atoms with Crippen LogP contribution in [0.4, 0.5) is 0 Å². The van der Waals surface area contributed by atoms with E-state index in [0.29, 0.717) is 23.2 Å². The van der Waals surface area contributed by atoms with Crippen molar-refractivity contribution < 1.29 is 19.1 Å². The Labute approximate surface area is 147 Å². The predicted octanol–water partition coefficient (Wildman–Crippen LogP) is 2.56. The summed E-state index contributed by atoms with van der Waals surface area (Å²) < 4.78 is 5.56. The van der Waals surface area contributed by atoms with Gasteiger partial charge >= 0.3 is 0 Å². The molecule has 1 N–H and O–H groups in total. The zero-order chi connectivity index (χ0) is 18.2. The van der Waals surface area contributed by atoms with E-state index in [9.17, 15) is 14.4 Å². The van der Waals surface area contributed by atoms with Crippen molar-refractivity contribution in [2.45, 2.75) is 13.8 Å². The molecule has 25 heavy (non-hydrogen) atoms. The molecule has 5 heteroatoms. The van der Waals surface area contributed by atoms with Gasteiger partial charge in [-0.1, -0.05) is 36.8 Å². The van der Waals surface area contributed by atoms with Crippen molar-refractivity contribution >= 4 is 18.0 Å². The number of nitrogens with one attached hydrogen (secondary N) is 1. The number of aryl methyl sites for hydroxylation is 1. The molecule has 2 aromatic carbocycles. The van der Waals surface area contributed by atoms with Crippen LogP contribution in [0, 0.1) is 12.8 Å². The van der Waals surface area contributed by atoms with Crippen LogP contribution in [0.5, 0.6) is 5.75 Å². The number of carbonyl (C=O) groups is 3. The maximum Gasteiger partial charge on any atom is 0.226 e. The monoisotopic (exact) mass is 339 g/mol. The molecular formula is C20H21NO4. The predicted molar refractivity (Wildman–Crippen MR) is 94.8 cm³/mol. The van der Waals surface area contributed by atoms with E-state index < -0.39 is 0 Å². The van der Waals surface area contributed by atoms with Crippen molar-refractivity contribution in [2.24, 2.45) is 5.92 Å². The fourth-order valence-corrected chi connectivity index (χ4v) is 2.19. The Morgan fingerprint density at radius 3 is 2.16 bits per heavy atom. The zero-order valence-electron chi connectivity index (χ0n) is 14.3. The van der Waals surface area contributed by atoms with Crippen LogP contribution < -0.4 is 10.1 Å². The van der Waals surface area contributed by atoms with Crippen molar-refractivity contribution in [2.75, 3.05) is 13.2 Å². The van der Waals surface area contributed by atoms with Gasteiger partial charge in [-0.15, -0.1) is 0 Å². The number of amides is 1. The van der Waals surface area contributed by atoms with Crippen LogP contribution in [-0.2, 0) is 9.59 Å². The highest BCUT2D eigenvalue weighted by atomic mass is 16.5. The summed E-state index contributed by atoms with van der Waals surface area (Å²) in [6.45, 7) is 3.88. The lowest BCUT2D eigenvalue weighted by Crippen LogP contribution is -2.33. The molecule has 2 aromatic rings. The highest BCUT2D eigenvalue weighted by molar-refractivity contribution is 6.09. The second kappa shape index (κ2) is 8.78. The van der Waals surface area contributed by atoms with Gasteiger partial charge in [-0.2, -0.15) is 0 Å². The first kappa shape index (κ1) is 18.4. The molecule has 1 amide bonds. The molecule has 130 valence electrons. The van der Waals surface area contributed by atoms with Gasteiger partial charge in [0.05, 0.1) is 19.1 Å². The average Bonchev–Trinajstić information content (AvgIpc) is 2.64. The van der Waals surface area contributed by atoms with E-state index in [0.717, 1.165) is 5.56 Å². The fourth-order valence-electron chi connectivity index (χ4n) is 2.19. The number of benzene rings is 2. The van der Waals surface area contributed by atoms with Crippen LogP contribution in [0.1, 0.15) is 28.4 Å². The van der Waals surface area contributed by atoms with E-state index in [1.807, 2.05) is 31.2 Å². The Hall–Kier alpha value is -2.95. The molecule has 1 unspecified atom stereocenters. The normalized spacial score (nSPS) is 11.4. The first-order chi connectivity index (χ1) is 12.0. The molecule has 2 rings (SSSR count). The van der Waals surface area contributed by atoms with Crippen LogP contribution >= 0.6 is 0 Å². The van der Waals surface area contributed by atoms with Gasteiger partial charge in [-0.3, -0.25) is 9.59 Å². The summed E-state index contributed by atoms with van der Waals surface area (Å²) in [5.74, 6) is -0.0873. The summed E-state index contributed by atoms with van der Waals surface area (Å²) in [4.78, 5) is 34.3. The van der Waals surface area contributed by atoms with E-state index in [2.05, 4.69) is 5.32 Å². The van der Waals surface area contributed by atoms with E-state index in [-0.39, 0.29) is 30.8 Å². The van der Waals surface area contributed by atoms with E-state index in [4.69, 9.17) is 4.74 Å². The number of ketones is 1. The van der Waals surface area contributed by atoms with Gasteiger partial charge in [0.15, 0.2) is 5.78 Å². The van der Waals surface area contributed by atoms with Crippen molar-refractivity contribution in [3.05, 3.63) is 65.2 Å². The highest BCUT2D eigenvalue weighted by Crippen LogP contribution is 2.16. The van der Waals surface area contributed by atoms with Gasteiger partial charge in [0.1, 0.15) is 12.0 Å². The van der Waals surface area contributed by atoms with Gasteiger partial charge in [-0.25, -0.2) is 0 Å². The lowest BCUT2D eigenvalue weighted by Gasteiger charge is -2.12. The van der Waals surface area contributed by atoms with E-state index in [1.165, 1.54) is 0 Å². The number of aldehydes is 1. The van der Waals surface area contributed by atoms with Gasteiger partial charge < -0.3 is 14.8 Å². The minimum Gasteiger partial charge on any atom is -0.493 e. The standard InChI is InChI=1S/C20H21NO4/c1-14-3-5-16(6-4-14)19(23)17-7-9-18(10-8-17)25-13-15(2)20(24)21-11-12-22/h3-10,12,15H,11,13H2,1-2H3,(H,21,24). The Balaban J connectivity index is 1.93. The summed E-state index contributed by atoms with van der Waals surface area (Å²) in [7, 11) is 0. The van der Waals surface area contributed by atoms with Crippen LogP contribution in [0.2, 0.25) is 0 Å². The Bertz CT molecular complexity index is 735. The molecule has 0 fully saturated rings. The number of carbonyl (C=O) groups excluding carboxylic acids is 3. The Morgan fingerprint density at radius 1 is 1.04 bits per heavy atom. The summed E-state index contributed by atoms with van der Waals surface area (Å²) >= 11 is 0. The van der Waals surface area contributed by atoms with E-state index >= 15 is 0 Å². The maximum absolute atomic E-state index is 12.4. The third kappa shape index (κ3) is 5.28. The molecule has 0 bridgehead atoms. The molecule has 1 atom stereocenters. The van der Waals surface area contributed by atoms with Crippen molar-refractivity contribution in [1.29, 1.82) is 0 Å². The van der Waals surface area contributed by atoms with Gasteiger partial charge in [0.2, 0.25) is 5.91 Å². The maximum atomic E-state index is 12.4.